The molecular formula is C14H15N3O5S2. The fraction of sp³-hybridized carbons (Fsp3) is 0.429. The number of furan rings is 1. The molecule has 128 valence electrons. The Morgan fingerprint density at radius 3 is 3.12 bits per heavy atom. The lowest BCUT2D eigenvalue weighted by Crippen LogP contribution is -2.45. The third-order valence-corrected chi connectivity index (χ3v) is 5.31. The Labute approximate surface area is 146 Å². The molecule has 24 heavy (non-hydrogen) atoms. The van der Waals surface area contributed by atoms with E-state index in [2.05, 4.69) is 10.2 Å². The van der Waals surface area contributed by atoms with Gasteiger partial charge in [0.2, 0.25) is 5.91 Å². The van der Waals surface area contributed by atoms with E-state index in [1.165, 1.54) is 25.1 Å². The lowest BCUT2D eigenvalue weighted by Gasteiger charge is -2.30. The van der Waals surface area contributed by atoms with Crippen LogP contribution < -0.4 is 0 Å². The number of rotatable bonds is 5. The number of esters is 1. The Morgan fingerprint density at radius 2 is 2.38 bits per heavy atom. The van der Waals surface area contributed by atoms with Crippen molar-refractivity contribution in [2.24, 2.45) is 0 Å². The molecule has 1 fully saturated rings. The molecule has 3 heterocycles. The summed E-state index contributed by atoms with van der Waals surface area (Å²) in [6, 6.07) is 3.44. The van der Waals surface area contributed by atoms with E-state index in [9.17, 15) is 9.59 Å². The van der Waals surface area contributed by atoms with Crippen LogP contribution in [0.3, 0.4) is 0 Å². The molecule has 0 aromatic carbocycles. The summed E-state index contributed by atoms with van der Waals surface area (Å²) < 4.78 is 15.4. The highest BCUT2D eigenvalue weighted by Gasteiger charge is 2.29. The molecule has 3 rings (SSSR count). The Morgan fingerprint density at radius 1 is 1.50 bits per heavy atom. The molecule has 1 atom stereocenters. The van der Waals surface area contributed by atoms with Crippen molar-refractivity contribution in [2.45, 2.75) is 10.5 Å². The molecule has 1 saturated heterocycles. The van der Waals surface area contributed by atoms with Gasteiger partial charge >= 0.3 is 5.97 Å². The number of hydrogen-bond acceptors (Lipinski definition) is 9. The number of aromatic nitrogens is 2. The molecule has 1 amide bonds. The minimum Gasteiger partial charge on any atom is -0.468 e. The van der Waals surface area contributed by atoms with Crippen molar-refractivity contribution in [2.75, 3.05) is 31.7 Å². The van der Waals surface area contributed by atoms with Crippen LogP contribution in [-0.2, 0) is 14.3 Å². The van der Waals surface area contributed by atoms with E-state index in [-0.39, 0.29) is 28.8 Å². The van der Waals surface area contributed by atoms with Crippen LogP contribution in [0.15, 0.2) is 32.5 Å². The van der Waals surface area contributed by atoms with Gasteiger partial charge < -0.3 is 18.5 Å². The van der Waals surface area contributed by atoms with Crippen molar-refractivity contribution >= 4 is 35.4 Å². The lowest BCUT2D eigenvalue weighted by atomic mass is 10.3. The fourth-order valence-corrected chi connectivity index (χ4v) is 3.93. The summed E-state index contributed by atoms with van der Waals surface area (Å²) >= 11 is 2.67. The standard InChI is InChI=1S/C14H15N3O5S2/c1-20-13(19)10-7-17(4-6-23-10)11(18)8-24-14-16-15-12(22-14)9-3-2-5-21-9/h2-3,5,10H,4,6-8H2,1H3/t10-/m1/s1. The second kappa shape index (κ2) is 7.75. The van der Waals surface area contributed by atoms with Crippen molar-refractivity contribution in [3.8, 4) is 11.7 Å². The molecule has 2 aromatic heterocycles. The Kier molecular flexibility index (Phi) is 5.46. The minimum atomic E-state index is -0.327. The van der Waals surface area contributed by atoms with E-state index in [4.69, 9.17) is 13.6 Å². The molecule has 0 N–H and O–H groups in total. The monoisotopic (exact) mass is 369 g/mol. The van der Waals surface area contributed by atoms with E-state index in [1.54, 1.807) is 17.0 Å². The molecular weight excluding hydrogens is 354 g/mol. The third kappa shape index (κ3) is 3.93. The number of amides is 1. The number of thioether (sulfide) groups is 2. The zero-order valence-electron chi connectivity index (χ0n) is 12.8. The summed E-state index contributed by atoms with van der Waals surface area (Å²) in [5, 5.41) is 7.73. The van der Waals surface area contributed by atoms with Gasteiger partial charge in [-0.15, -0.1) is 22.0 Å². The first-order valence-corrected chi connectivity index (χ1v) is 9.18. The quantitative estimate of drug-likeness (QED) is 0.574. The summed E-state index contributed by atoms with van der Waals surface area (Å²) in [6.45, 7) is 0.969. The maximum absolute atomic E-state index is 12.3. The SMILES string of the molecule is COC(=O)[C@H]1CN(C(=O)CSc2nnc(-c3ccco3)o2)CCS1. The average molecular weight is 369 g/mol. The summed E-state index contributed by atoms with van der Waals surface area (Å²) in [4.78, 5) is 25.6. The summed E-state index contributed by atoms with van der Waals surface area (Å²) in [5.74, 6) is 1.25. The minimum absolute atomic E-state index is 0.0769. The Bertz CT molecular complexity index is 703. The second-order valence-electron chi connectivity index (χ2n) is 4.86. The summed E-state index contributed by atoms with van der Waals surface area (Å²) in [7, 11) is 1.35. The number of nitrogens with zero attached hydrogens (tertiary/aromatic N) is 3. The van der Waals surface area contributed by atoms with Crippen molar-refractivity contribution < 1.29 is 23.2 Å². The van der Waals surface area contributed by atoms with Gasteiger partial charge in [0.25, 0.3) is 11.1 Å². The van der Waals surface area contributed by atoms with E-state index < -0.39 is 0 Å². The van der Waals surface area contributed by atoms with E-state index in [1.807, 2.05) is 0 Å². The molecule has 1 aliphatic heterocycles. The van der Waals surface area contributed by atoms with Gasteiger partial charge in [-0.05, 0) is 12.1 Å². The Hall–Kier alpha value is -1.94. The maximum Gasteiger partial charge on any atom is 0.320 e. The van der Waals surface area contributed by atoms with Gasteiger partial charge in [-0.25, -0.2) is 0 Å². The van der Waals surface area contributed by atoms with Gasteiger partial charge in [0.05, 0.1) is 19.1 Å². The normalized spacial score (nSPS) is 17.7. The topological polar surface area (TPSA) is 98.7 Å². The van der Waals surface area contributed by atoms with Crippen LogP contribution in [0.25, 0.3) is 11.7 Å². The van der Waals surface area contributed by atoms with Crippen molar-refractivity contribution in [1.29, 1.82) is 0 Å². The van der Waals surface area contributed by atoms with Crippen molar-refractivity contribution in [1.82, 2.24) is 15.1 Å². The van der Waals surface area contributed by atoms with Crippen LogP contribution in [0.5, 0.6) is 0 Å². The van der Waals surface area contributed by atoms with E-state index >= 15 is 0 Å². The number of hydrogen-bond donors (Lipinski definition) is 0. The first-order chi connectivity index (χ1) is 11.7. The van der Waals surface area contributed by atoms with E-state index in [0.717, 1.165) is 11.8 Å². The van der Waals surface area contributed by atoms with Crippen LogP contribution in [0.1, 0.15) is 0 Å². The summed E-state index contributed by atoms with van der Waals surface area (Å²) in [5.41, 5.74) is 0. The smallest absolute Gasteiger partial charge is 0.320 e. The third-order valence-electron chi connectivity index (χ3n) is 3.34. The Balaban J connectivity index is 1.53. The van der Waals surface area contributed by atoms with Gasteiger partial charge in [-0.3, -0.25) is 9.59 Å². The molecule has 1 aliphatic rings. The first-order valence-electron chi connectivity index (χ1n) is 7.14. The van der Waals surface area contributed by atoms with Gasteiger partial charge in [0, 0.05) is 18.8 Å². The molecule has 0 aliphatic carbocycles. The molecule has 0 unspecified atom stereocenters. The van der Waals surface area contributed by atoms with Crippen LogP contribution in [0.4, 0.5) is 0 Å². The number of ether oxygens (including phenoxy) is 1. The van der Waals surface area contributed by atoms with Gasteiger partial charge in [0.1, 0.15) is 5.25 Å². The fourth-order valence-electron chi connectivity index (χ4n) is 2.13. The van der Waals surface area contributed by atoms with Gasteiger partial charge in [-0.2, -0.15) is 0 Å². The average Bonchev–Trinajstić information content (AvgIpc) is 3.30. The van der Waals surface area contributed by atoms with Crippen molar-refractivity contribution in [3.05, 3.63) is 18.4 Å². The zero-order valence-corrected chi connectivity index (χ0v) is 14.5. The van der Waals surface area contributed by atoms with Crippen LogP contribution in [0.2, 0.25) is 0 Å². The van der Waals surface area contributed by atoms with Crippen LogP contribution in [-0.4, -0.2) is 63.9 Å². The summed E-state index contributed by atoms with van der Waals surface area (Å²) in [6.07, 6.45) is 1.52. The van der Waals surface area contributed by atoms with Crippen LogP contribution >= 0.6 is 23.5 Å². The van der Waals surface area contributed by atoms with Crippen LogP contribution in [0, 0.1) is 0 Å². The molecule has 10 heteroatoms. The predicted octanol–water partition coefficient (Wildman–Crippen LogP) is 1.54. The molecule has 0 saturated carbocycles. The largest absolute Gasteiger partial charge is 0.468 e. The van der Waals surface area contributed by atoms with Gasteiger partial charge in [0.15, 0.2) is 5.76 Å². The highest BCUT2D eigenvalue weighted by atomic mass is 32.2. The molecule has 2 aromatic rings. The van der Waals surface area contributed by atoms with Gasteiger partial charge in [-0.1, -0.05) is 11.8 Å². The zero-order chi connectivity index (χ0) is 16.9. The predicted molar refractivity (Wildman–Crippen MR) is 87.6 cm³/mol. The molecule has 0 spiro atoms. The number of methoxy groups -OCH3 is 1. The second-order valence-corrected chi connectivity index (χ2v) is 7.10. The maximum atomic E-state index is 12.3. The number of carbonyl (C=O) groups excluding carboxylic acids is 2. The first kappa shape index (κ1) is 16.9. The van der Waals surface area contributed by atoms with E-state index in [0.29, 0.717) is 29.8 Å². The highest BCUT2D eigenvalue weighted by Crippen LogP contribution is 2.25. The molecule has 8 nitrogen and oxygen atoms in total. The van der Waals surface area contributed by atoms with Crippen molar-refractivity contribution in [3.63, 3.8) is 0 Å². The lowest BCUT2D eigenvalue weighted by molar-refractivity contribution is -0.141. The molecule has 0 bridgehead atoms. The highest BCUT2D eigenvalue weighted by molar-refractivity contribution is 8.00. The molecule has 0 radical (unpaired) electrons. The number of carbonyl (C=O) groups is 2.